The van der Waals surface area contributed by atoms with Gasteiger partial charge in [-0.25, -0.2) is 0 Å². The van der Waals surface area contributed by atoms with E-state index in [9.17, 15) is 5.11 Å². The number of anilines is 1. The molecular weight excluding hydrogens is 242 g/mol. The summed E-state index contributed by atoms with van der Waals surface area (Å²) in [6.07, 6.45) is -10.5. The van der Waals surface area contributed by atoms with Crippen molar-refractivity contribution in [2.45, 2.75) is 18.8 Å². The van der Waals surface area contributed by atoms with Gasteiger partial charge in [0.05, 0.1) is 7.45 Å². The zero-order valence-electron chi connectivity index (χ0n) is 16.1. The van der Waals surface area contributed by atoms with E-state index < -0.39 is 31.8 Å². The second kappa shape index (κ2) is 4.32. The molecule has 0 bridgehead atoms. The Labute approximate surface area is 105 Å². The Morgan fingerprint density at radius 2 is 1.93 bits per heavy atom. The third kappa shape index (κ3) is 2.28. The van der Waals surface area contributed by atoms with Gasteiger partial charge >= 0.3 is 0 Å². The van der Waals surface area contributed by atoms with Gasteiger partial charge in [0.25, 0.3) is 0 Å². The number of nitrogens with zero attached hydrogens (tertiary/aromatic N) is 1. The summed E-state index contributed by atoms with van der Waals surface area (Å²) in [7, 11) is 0. The highest BCUT2D eigenvalue weighted by molar-refractivity contribution is 9.10. The highest BCUT2D eigenvalue weighted by atomic mass is 79.9. The largest absolute Gasteiger partial charge is 0.393 e. The molecule has 1 aromatic rings. The van der Waals surface area contributed by atoms with Crippen molar-refractivity contribution in [3.8, 4) is 0 Å². The van der Waals surface area contributed by atoms with Crippen LogP contribution < -0.4 is 4.90 Å². The van der Waals surface area contributed by atoms with Crippen LogP contribution in [0, 0.1) is 0 Å². The molecule has 0 radical (unpaired) electrons. The van der Waals surface area contributed by atoms with E-state index in [1.165, 1.54) is 24.3 Å². The minimum absolute atomic E-state index is 0.119. The maximum absolute atomic E-state index is 10.0. The van der Waals surface area contributed by atoms with Crippen molar-refractivity contribution < 1.29 is 17.4 Å². The van der Waals surface area contributed by atoms with E-state index in [0.29, 0.717) is 9.37 Å². The lowest BCUT2D eigenvalue weighted by molar-refractivity contribution is 0.145. The third-order valence-electron chi connectivity index (χ3n) is 1.66. The highest BCUT2D eigenvalue weighted by Crippen LogP contribution is 2.21. The van der Waals surface area contributed by atoms with Crippen LogP contribution in [0.2, 0.25) is 0 Å². The number of halogens is 1. The van der Waals surface area contributed by atoms with Crippen LogP contribution in [0.1, 0.15) is 25.1 Å². The quantitative estimate of drug-likeness (QED) is 0.843. The minimum atomic E-state index is -3.64. The zero-order valence-corrected chi connectivity index (χ0v) is 8.67. The Bertz CT molecular complexity index is 586. The molecule has 1 aliphatic heterocycles. The molecule has 1 aromatic carbocycles. The molecule has 1 N–H and O–H groups in total. The van der Waals surface area contributed by atoms with Gasteiger partial charge in [-0.15, -0.1) is 0 Å². The first kappa shape index (κ1) is 3.80. The fraction of sp³-hybridized carbons (Fsp3) is 0.455. The average Bonchev–Trinajstić information content (AvgIpc) is 2.39. The average molecular weight is 265 g/mol. The molecule has 2 nitrogen and oxygen atoms in total. The van der Waals surface area contributed by atoms with Crippen molar-refractivity contribution in [3.05, 3.63) is 28.7 Å². The van der Waals surface area contributed by atoms with Crippen LogP contribution in [-0.4, -0.2) is 24.2 Å². The SMILES string of the molecule is [2H]C1([2H])N(c2ccc(Br)cc2)C([2H])([2H])C([2H])([2H])C([2H])(O)C1([2H])[2H]. The maximum atomic E-state index is 10.0. The van der Waals surface area contributed by atoms with Gasteiger partial charge in [-0.2, -0.15) is 0 Å². The van der Waals surface area contributed by atoms with Crippen LogP contribution in [0.15, 0.2) is 28.7 Å². The summed E-state index contributed by atoms with van der Waals surface area (Å²) >= 11 is 3.17. The number of piperidine rings is 1. The number of hydrogen-bond acceptors (Lipinski definition) is 2. The molecule has 1 heterocycles. The van der Waals surface area contributed by atoms with E-state index in [-0.39, 0.29) is 5.69 Å². The smallest absolute Gasteiger partial charge is 0.0602 e. The summed E-state index contributed by atoms with van der Waals surface area (Å²) in [4.78, 5) is 0.301. The Kier molecular flexibility index (Phi) is 1.17. The van der Waals surface area contributed by atoms with Gasteiger partial charge in [-0.3, -0.25) is 0 Å². The fourth-order valence-corrected chi connectivity index (χ4v) is 1.26. The van der Waals surface area contributed by atoms with Crippen molar-refractivity contribution in [3.63, 3.8) is 0 Å². The van der Waals surface area contributed by atoms with Crippen LogP contribution in [0.5, 0.6) is 0 Å². The van der Waals surface area contributed by atoms with Crippen molar-refractivity contribution in [1.82, 2.24) is 0 Å². The van der Waals surface area contributed by atoms with Crippen LogP contribution in [0.25, 0.3) is 0 Å². The van der Waals surface area contributed by atoms with Gasteiger partial charge in [0.15, 0.2) is 0 Å². The van der Waals surface area contributed by atoms with E-state index in [4.69, 9.17) is 12.3 Å². The predicted molar refractivity (Wildman–Crippen MR) is 61.6 cm³/mol. The lowest BCUT2D eigenvalue weighted by Gasteiger charge is -2.31. The summed E-state index contributed by atoms with van der Waals surface area (Å²) in [6.45, 7) is -6.38. The lowest BCUT2D eigenvalue weighted by Crippen LogP contribution is -2.35. The van der Waals surface area contributed by atoms with Gasteiger partial charge in [-0.1, -0.05) is 15.9 Å². The topological polar surface area (TPSA) is 23.5 Å². The van der Waals surface area contributed by atoms with Crippen molar-refractivity contribution in [2.75, 3.05) is 17.9 Å². The number of hydrogen-bond donors (Lipinski definition) is 1. The summed E-state index contributed by atoms with van der Waals surface area (Å²) in [6, 6.07) is 5.52. The molecule has 1 fully saturated rings. The molecule has 14 heavy (non-hydrogen) atoms. The molecule has 76 valence electrons. The van der Waals surface area contributed by atoms with E-state index in [1.54, 1.807) is 0 Å². The Hall–Kier alpha value is -0.540. The first-order valence-electron chi connectivity index (χ1n) is 8.40. The highest BCUT2D eigenvalue weighted by Gasteiger charge is 2.16. The molecule has 0 spiro atoms. The molecular formula is C11H14BrNO. The molecule has 2 rings (SSSR count). The summed E-state index contributed by atoms with van der Waals surface area (Å²) in [5.74, 6) is 0. The molecule has 3 heteroatoms. The fourth-order valence-electron chi connectivity index (χ4n) is 0.996. The second-order valence-corrected chi connectivity index (χ2v) is 3.55. The van der Waals surface area contributed by atoms with Crippen LogP contribution in [0.3, 0.4) is 0 Å². The number of benzene rings is 1. The molecule has 0 atom stereocenters. The minimum Gasteiger partial charge on any atom is -0.393 e. The van der Waals surface area contributed by atoms with Gasteiger partial charge in [0, 0.05) is 34.1 Å². The Morgan fingerprint density at radius 3 is 2.50 bits per heavy atom. The first-order valence-corrected chi connectivity index (χ1v) is 4.70. The van der Waals surface area contributed by atoms with Gasteiger partial charge < -0.3 is 10.0 Å². The number of rotatable bonds is 1. The molecule has 1 saturated heterocycles. The predicted octanol–water partition coefficient (Wildman–Crippen LogP) is 2.41. The van der Waals surface area contributed by atoms with Gasteiger partial charge in [0.2, 0.25) is 0 Å². The van der Waals surface area contributed by atoms with E-state index in [0.717, 1.165) is 0 Å². The zero-order chi connectivity index (χ0) is 18.1. The van der Waals surface area contributed by atoms with E-state index in [2.05, 4.69) is 15.9 Å². The lowest BCUT2D eigenvalue weighted by atomic mass is 10.1. The molecule has 0 aliphatic carbocycles. The molecule has 0 saturated carbocycles. The van der Waals surface area contributed by atoms with Crippen molar-refractivity contribution in [2.24, 2.45) is 0 Å². The maximum Gasteiger partial charge on any atom is 0.0602 e. The van der Waals surface area contributed by atoms with Crippen molar-refractivity contribution >= 4 is 21.6 Å². The first-order chi connectivity index (χ1) is 10.1. The molecule has 1 aliphatic rings. The normalized spacial score (nSPS) is 44.7. The van der Waals surface area contributed by atoms with Crippen LogP contribution in [-0.2, 0) is 0 Å². The van der Waals surface area contributed by atoms with Gasteiger partial charge in [-0.05, 0) is 37.0 Å². The molecule has 0 amide bonds. The van der Waals surface area contributed by atoms with Crippen molar-refractivity contribution in [1.29, 1.82) is 0 Å². The number of aliphatic hydroxyl groups is 1. The monoisotopic (exact) mass is 264 g/mol. The summed E-state index contributed by atoms with van der Waals surface area (Å²) in [5, 5.41) is 10.0. The summed E-state index contributed by atoms with van der Waals surface area (Å²) < 4.78 is 71.3. The Balaban J connectivity index is 2.77. The van der Waals surface area contributed by atoms with Crippen LogP contribution in [0.4, 0.5) is 5.69 Å². The molecule has 0 aromatic heterocycles. The summed E-state index contributed by atoms with van der Waals surface area (Å²) in [5.41, 5.74) is -0.119. The molecule has 0 unspecified atom stereocenters. The van der Waals surface area contributed by atoms with E-state index >= 15 is 0 Å². The third-order valence-corrected chi connectivity index (χ3v) is 2.19. The second-order valence-electron chi connectivity index (χ2n) is 2.63. The van der Waals surface area contributed by atoms with Crippen LogP contribution >= 0.6 is 15.9 Å². The Morgan fingerprint density at radius 1 is 1.36 bits per heavy atom. The van der Waals surface area contributed by atoms with Gasteiger partial charge in [0.1, 0.15) is 0 Å². The standard InChI is InChI=1S/C11H14BrNO/c12-9-1-3-10(4-2-9)13-7-5-11(14)6-8-13/h1-4,11,14H,5-8H2/i5D2,6D2,7D2,8D2,11D. The van der Waals surface area contributed by atoms with E-state index in [1.807, 2.05) is 0 Å².